The second kappa shape index (κ2) is 6.93. The zero-order valence-electron chi connectivity index (χ0n) is 14.6. The van der Waals surface area contributed by atoms with Gasteiger partial charge in [-0.05, 0) is 51.8 Å². The van der Waals surface area contributed by atoms with Gasteiger partial charge < -0.3 is 15.1 Å². The number of carbonyl (C=O) groups is 2. The van der Waals surface area contributed by atoms with Crippen molar-refractivity contribution in [2.75, 3.05) is 26.7 Å². The Morgan fingerprint density at radius 2 is 1.79 bits per heavy atom. The van der Waals surface area contributed by atoms with E-state index >= 15 is 0 Å². The lowest BCUT2D eigenvalue weighted by molar-refractivity contribution is -0.142. The van der Waals surface area contributed by atoms with Crippen molar-refractivity contribution in [2.45, 2.75) is 44.2 Å². The van der Waals surface area contributed by atoms with E-state index in [1.54, 1.807) is 4.90 Å². The highest BCUT2D eigenvalue weighted by molar-refractivity contribution is 5.99. The molecule has 2 heterocycles. The zero-order chi connectivity index (χ0) is 17.2. The SMILES string of the molecule is CNC1CCN(C(=O)C2(C)CCCN2C(=O)c2ccccc2)CC1. The molecule has 1 unspecified atom stereocenters. The van der Waals surface area contributed by atoms with Crippen LogP contribution in [0.3, 0.4) is 0 Å². The molecule has 24 heavy (non-hydrogen) atoms. The molecule has 2 fully saturated rings. The van der Waals surface area contributed by atoms with Gasteiger partial charge in [-0.2, -0.15) is 0 Å². The van der Waals surface area contributed by atoms with E-state index in [1.807, 2.05) is 49.2 Å². The summed E-state index contributed by atoms with van der Waals surface area (Å²) < 4.78 is 0. The molecule has 0 aromatic heterocycles. The summed E-state index contributed by atoms with van der Waals surface area (Å²) in [4.78, 5) is 29.8. The van der Waals surface area contributed by atoms with Crippen molar-refractivity contribution in [1.29, 1.82) is 0 Å². The molecular weight excluding hydrogens is 302 g/mol. The maximum absolute atomic E-state index is 13.2. The molecule has 3 rings (SSSR count). The summed E-state index contributed by atoms with van der Waals surface area (Å²) in [5, 5.41) is 3.29. The first kappa shape index (κ1) is 17.0. The average molecular weight is 329 g/mol. The molecule has 2 aliphatic rings. The number of nitrogens with zero attached hydrogens (tertiary/aromatic N) is 2. The van der Waals surface area contributed by atoms with Gasteiger partial charge in [0, 0.05) is 31.2 Å². The highest BCUT2D eigenvalue weighted by Gasteiger charge is 2.48. The van der Waals surface area contributed by atoms with Gasteiger partial charge in [-0.15, -0.1) is 0 Å². The zero-order valence-corrected chi connectivity index (χ0v) is 14.6. The lowest BCUT2D eigenvalue weighted by Gasteiger charge is -2.40. The molecule has 1 atom stereocenters. The van der Waals surface area contributed by atoms with Crippen LogP contribution in [0.2, 0.25) is 0 Å². The van der Waals surface area contributed by atoms with Crippen LogP contribution < -0.4 is 5.32 Å². The molecular formula is C19H27N3O2. The summed E-state index contributed by atoms with van der Waals surface area (Å²) in [6.07, 6.45) is 3.58. The van der Waals surface area contributed by atoms with Crippen molar-refractivity contribution in [1.82, 2.24) is 15.1 Å². The predicted molar refractivity (Wildman–Crippen MR) is 93.8 cm³/mol. The molecule has 2 saturated heterocycles. The van der Waals surface area contributed by atoms with Crippen molar-refractivity contribution < 1.29 is 9.59 Å². The molecule has 5 heteroatoms. The van der Waals surface area contributed by atoms with Crippen LogP contribution in [0.4, 0.5) is 0 Å². The van der Waals surface area contributed by atoms with Gasteiger partial charge in [-0.1, -0.05) is 18.2 Å². The van der Waals surface area contributed by atoms with E-state index < -0.39 is 5.54 Å². The molecule has 0 aliphatic carbocycles. The number of piperidine rings is 1. The summed E-state index contributed by atoms with van der Waals surface area (Å²) in [6.45, 7) is 4.14. The number of likely N-dealkylation sites (tertiary alicyclic amines) is 2. The van der Waals surface area contributed by atoms with E-state index in [0.717, 1.165) is 38.8 Å². The van der Waals surface area contributed by atoms with E-state index in [1.165, 1.54) is 0 Å². The largest absolute Gasteiger partial charge is 0.341 e. The molecule has 2 aliphatic heterocycles. The van der Waals surface area contributed by atoms with Gasteiger partial charge in [-0.25, -0.2) is 0 Å². The number of hydrogen-bond acceptors (Lipinski definition) is 3. The Labute approximate surface area is 144 Å². The summed E-state index contributed by atoms with van der Waals surface area (Å²) in [7, 11) is 1.97. The fourth-order valence-corrected chi connectivity index (χ4v) is 3.96. The van der Waals surface area contributed by atoms with Gasteiger partial charge in [0.15, 0.2) is 0 Å². The first-order valence-electron chi connectivity index (χ1n) is 8.90. The van der Waals surface area contributed by atoms with Crippen molar-refractivity contribution in [2.24, 2.45) is 0 Å². The van der Waals surface area contributed by atoms with E-state index in [9.17, 15) is 9.59 Å². The summed E-state index contributed by atoms with van der Waals surface area (Å²) in [5.41, 5.74) is -0.0494. The van der Waals surface area contributed by atoms with Crippen LogP contribution in [0.1, 0.15) is 43.0 Å². The third kappa shape index (κ3) is 3.05. The Morgan fingerprint density at radius 3 is 2.42 bits per heavy atom. The first-order chi connectivity index (χ1) is 11.6. The molecule has 130 valence electrons. The summed E-state index contributed by atoms with van der Waals surface area (Å²) in [6, 6.07) is 9.77. The first-order valence-corrected chi connectivity index (χ1v) is 8.90. The molecule has 2 amide bonds. The third-order valence-electron chi connectivity index (χ3n) is 5.56. The number of amides is 2. The van der Waals surface area contributed by atoms with Crippen LogP contribution in [0, 0.1) is 0 Å². The highest BCUT2D eigenvalue weighted by Crippen LogP contribution is 2.33. The second-order valence-corrected chi connectivity index (χ2v) is 7.06. The van der Waals surface area contributed by atoms with Crippen LogP contribution in [0.5, 0.6) is 0 Å². The van der Waals surface area contributed by atoms with Crippen molar-refractivity contribution in [3.05, 3.63) is 35.9 Å². The molecule has 5 nitrogen and oxygen atoms in total. The van der Waals surface area contributed by atoms with Crippen LogP contribution >= 0.6 is 0 Å². The molecule has 1 aromatic carbocycles. The van der Waals surface area contributed by atoms with Crippen molar-refractivity contribution in [3.8, 4) is 0 Å². The van der Waals surface area contributed by atoms with Gasteiger partial charge in [0.25, 0.3) is 5.91 Å². The number of hydrogen-bond donors (Lipinski definition) is 1. The minimum atomic E-state index is -0.709. The average Bonchev–Trinajstić information content (AvgIpc) is 3.04. The molecule has 0 saturated carbocycles. The smallest absolute Gasteiger partial charge is 0.254 e. The minimum absolute atomic E-state index is 0.0333. The monoisotopic (exact) mass is 329 g/mol. The standard InChI is InChI=1S/C19H27N3O2/c1-19(18(24)21-13-9-16(20-2)10-14-21)11-6-12-22(19)17(23)15-7-4-3-5-8-15/h3-5,7-8,16,20H,6,9-14H2,1-2H3. The van der Waals surface area contributed by atoms with Gasteiger partial charge in [0.05, 0.1) is 0 Å². The normalized spacial score (nSPS) is 25.1. The summed E-state index contributed by atoms with van der Waals surface area (Å²) >= 11 is 0. The summed E-state index contributed by atoms with van der Waals surface area (Å²) in [5.74, 6) is 0.0768. The number of carbonyl (C=O) groups excluding carboxylic acids is 2. The molecule has 1 N–H and O–H groups in total. The Bertz CT molecular complexity index is 596. The van der Waals surface area contributed by atoms with Crippen LogP contribution in [0.15, 0.2) is 30.3 Å². The molecule has 1 aromatic rings. The molecule has 0 bridgehead atoms. The molecule has 0 radical (unpaired) electrons. The van der Waals surface area contributed by atoms with Gasteiger partial charge in [0.2, 0.25) is 5.91 Å². The Hall–Kier alpha value is -1.88. The minimum Gasteiger partial charge on any atom is -0.341 e. The lowest BCUT2D eigenvalue weighted by Crippen LogP contribution is -2.58. The van der Waals surface area contributed by atoms with Gasteiger partial charge in [-0.3, -0.25) is 9.59 Å². The number of rotatable bonds is 3. The Kier molecular flexibility index (Phi) is 4.90. The van der Waals surface area contributed by atoms with Gasteiger partial charge in [0.1, 0.15) is 5.54 Å². The van der Waals surface area contributed by atoms with E-state index in [2.05, 4.69) is 5.32 Å². The second-order valence-electron chi connectivity index (χ2n) is 7.06. The Morgan fingerprint density at radius 1 is 1.12 bits per heavy atom. The maximum atomic E-state index is 13.2. The van der Waals surface area contributed by atoms with E-state index in [0.29, 0.717) is 18.2 Å². The number of nitrogens with one attached hydrogen (secondary N) is 1. The fraction of sp³-hybridized carbons (Fsp3) is 0.579. The quantitative estimate of drug-likeness (QED) is 0.921. The van der Waals surface area contributed by atoms with E-state index in [4.69, 9.17) is 0 Å². The number of benzene rings is 1. The maximum Gasteiger partial charge on any atom is 0.254 e. The van der Waals surface area contributed by atoms with Gasteiger partial charge >= 0.3 is 0 Å². The van der Waals surface area contributed by atoms with E-state index in [-0.39, 0.29) is 11.8 Å². The van der Waals surface area contributed by atoms with Crippen LogP contribution in [-0.4, -0.2) is 59.9 Å². The van der Waals surface area contributed by atoms with Crippen molar-refractivity contribution in [3.63, 3.8) is 0 Å². The third-order valence-corrected chi connectivity index (χ3v) is 5.56. The van der Waals surface area contributed by atoms with Crippen LogP contribution in [-0.2, 0) is 4.79 Å². The Balaban J connectivity index is 1.75. The predicted octanol–water partition coefficient (Wildman–Crippen LogP) is 1.89. The highest BCUT2D eigenvalue weighted by atomic mass is 16.2. The van der Waals surface area contributed by atoms with Crippen LogP contribution in [0.25, 0.3) is 0 Å². The van der Waals surface area contributed by atoms with Crippen molar-refractivity contribution >= 4 is 11.8 Å². The topological polar surface area (TPSA) is 52.7 Å². The fourth-order valence-electron chi connectivity index (χ4n) is 3.96. The lowest BCUT2D eigenvalue weighted by atomic mass is 9.94. The molecule has 0 spiro atoms.